The minimum atomic E-state index is -0.519. The third kappa shape index (κ3) is 5.10. The van der Waals surface area contributed by atoms with Gasteiger partial charge < -0.3 is 4.74 Å². The number of amides is 1. The highest BCUT2D eigenvalue weighted by molar-refractivity contribution is 7.17. The van der Waals surface area contributed by atoms with Gasteiger partial charge in [0.25, 0.3) is 5.91 Å². The number of anilines is 1. The van der Waals surface area contributed by atoms with Gasteiger partial charge in [-0.3, -0.25) is 19.8 Å². The fourth-order valence-electron chi connectivity index (χ4n) is 2.38. The van der Waals surface area contributed by atoms with Crippen molar-refractivity contribution in [2.75, 3.05) is 18.1 Å². The molecule has 0 atom stereocenters. The molecule has 0 fully saturated rings. The number of hydrogen-bond donors (Lipinski definition) is 0. The summed E-state index contributed by atoms with van der Waals surface area (Å²) in [6.07, 6.45) is 2.68. The Kier molecular flexibility index (Phi) is 7.43. The molecule has 27 heavy (non-hydrogen) atoms. The van der Waals surface area contributed by atoms with Crippen molar-refractivity contribution in [2.45, 2.75) is 40.0 Å². The van der Waals surface area contributed by atoms with Crippen molar-refractivity contribution in [3.05, 3.63) is 37.7 Å². The number of carbonyl (C=O) groups excluding carboxylic acids is 2. The third-order valence-electron chi connectivity index (χ3n) is 3.72. The lowest BCUT2D eigenvalue weighted by atomic mass is 10.2. The number of esters is 1. The summed E-state index contributed by atoms with van der Waals surface area (Å²) in [5.41, 5.74) is 0.742. The summed E-state index contributed by atoms with van der Waals surface area (Å²) in [5.74, 6) is -0.828. The molecular formula is C17H21N3O5S2. The van der Waals surface area contributed by atoms with Gasteiger partial charge in [0.05, 0.1) is 22.8 Å². The molecule has 0 aliphatic rings. The Labute approximate surface area is 164 Å². The van der Waals surface area contributed by atoms with Crippen molar-refractivity contribution >= 4 is 44.7 Å². The normalized spacial score (nSPS) is 10.6. The van der Waals surface area contributed by atoms with E-state index in [9.17, 15) is 19.7 Å². The highest BCUT2D eigenvalue weighted by Gasteiger charge is 2.26. The van der Waals surface area contributed by atoms with Gasteiger partial charge in [-0.05, 0) is 20.3 Å². The summed E-state index contributed by atoms with van der Waals surface area (Å²) in [4.78, 5) is 41.6. The van der Waals surface area contributed by atoms with Crippen molar-refractivity contribution in [1.82, 2.24) is 4.98 Å². The van der Waals surface area contributed by atoms with E-state index >= 15 is 0 Å². The van der Waals surface area contributed by atoms with Crippen molar-refractivity contribution in [3.8, 4) is 0 Å². The number of rotatable bonds is 9. The number of thiophene rings is 1. The number of carbonyl (C=O) groups is 2. The number of hydrogen-bond acceptors (Lipinski definition) is 8. The molecule has 0 aliphatic carbocycles. The number of aryl methyl sites for hydroxylation is 1. The van der Waals surface area contributed by atoms with E-state index in [-0.39, 0.29) is 23.1 Å². The summed E-state index contributed by atoms with van der Waals surface area (Å²) in [7, 11) is 0. The van der Waals surface area contributed by atoms with E-state index < -0.39 is 10.9 Å². The zero-order valence-electron chi connectivity index (χ0n) is 15.4. The standard InChI is InChI=1S/C17H21N3O5S2/c1-4-6-7-8-19(15(21)12-9-13(20(23)24)26-10-12)17-18-11(3)14(27-17)16(22)25-5-2/h9-10H,4-8H2,1-3H3. The van der Waals surface area contributed by atoms with E-state index in [1.54, 1.807) is 13.8 Å². The van der Waals surface area contributed by atoms with Gasteiger partial charge in [-0.25, -0.2) is 9.78 Å². The third-order valence-corrected chi connectivity index (χ3v) is 5.76. The van der Waals surface area contributed by atoms with Crippen LogP contribution >= 0.6 is 22.7 Å². The molecule has 2 heterocycles. The Morgan fingerprint density at radius 2 is 2.07 bits per heavy atom. The minimum Gasteiger partial charge on any atom is -0.462 e. The monoisotopic (exact) mass is 411 g/mol. The Morgan fingerprint density at radius 3 is 2.67 bits per heavy atom. The summed E-state index contributed by atoms with van der Waals surface area (Å²) >= 11 is 2.01. The average molecular weight is 412 g/mol. The predicted molar refractivity (Wildman–Crippen MR) is 105 cm³/mol. The van der Waals surface area contributed by atoms with E-state index in [4.69, 9.17) is 4.74 Å². The number of nitro groups is 1. The predicted octanol–water partition coefficient (Wildman–Crippen LogP) is 4.43. The van der Waals surface area contributed by atoms with E-state index in [1.807, 2.05) is 0 Å². The van der Waals surface area contributed by atoms with Crippen molar-refractivity contribution in [3.63, 3.8) is 0 Å². The number of unbranched alkanes of at least 4 members (excludes halogenated alkanes) is 2. The molecular weight excluding hydrogens is 390 g/mol. The number of nitrogens with zero attached hydrogens (tertiary/aromatic N) is 3. The maximum atomic E-state index is 13.0. The zero-order chi connectivity index (χ0) is 20.0. The Balaban J connectivity index is 2.33. The fraction of sp³-hybridized carbons (Fsp3) is 0.471. The Hall–Kier alpha value is -2.33. The summed E-state index contributed by atoms with van der Waals surface area (Å²) in [6.45, 7) is 6.14. The molecule has 146 valence electrons. The minimum absolute atomic E-state index is 0.0885. The van der Waals surface area contributed by atoms with Crippen LogP contribution in [-0.2, 0) is 4.74 Å². The molecule has 1 amide bonds. The van der Waals surface area contributed by atoms with Crippen molar-refractivity contribution < 1.29 is 19.2 Å². The Morgan fingerprint density at radius 1 is 1.33 bits per heavy atom. The van der Waals surface area contributed by atoms with Crippen LogP contribution in [0, 0.1) is 17.0 Å². The van der Waals surface area contributed by atoms with Gasteiger partial charge in [0, 0.05) is 18.0 Å². The molecule has 0 aromatic carbocycles. The first kappa shape index (κ1) is 21.0. The number of ether oxygens (including phenoxy) is 1. The van der Waals surface area contributed by atoms with Crippen LogP contribution in [0.4, 0.5) is 10.1 Å². The molecule has 0 N–H and O–H groups in total. The van der Waals surface area contributed by atoms with Gasteiger partial charge in [0.15, 0.2) is 5.13 Å². The first-order valence-electron chi connectivity index (χ1n) is 8.58. The van der Waals surface area contributed by atoms with Crippen LogP contribution in [0.15, 0.2) is 11.4 Å². The number of thiazole rings is 1. The van der Waals surface area contributed by atoms with Crippen LogP contribution in [0.5, 0.6) is 0 Å². The number of aromatic nitrogens is 1. The van der Waals surface area contributed by atoms with E-state index in [0.717, 1.165) is 41.9 Å². The van der Waals surface area contributed by atoms with Crippen LogP contribution < -0.4 is 4.90 Å². The molecule has 2 rings (SSSR count). The second kappa shape index (κ2) is 9.56. The molecule has 0 spiro atoms. The van der Waals surface area contributed by atoms with Crippen molar-refractivity contribution in [2.24, 2.45) is 0 Å². The topological polar surface area (TPSA) is 103 Å². The first-order chi connectivity index (χ1) is 12.9. The SMILES string of the molecule is CCCCCN(C(=O)c1csc([N+](=O)[O-])c1)c1nc(C)c(C(=O)OCC)s1. The molecule has 8 nitrogen and oxygen atoms in total. The van der Waals surface area contributed by atoms with Crippen LogP contribution in [0.1, 0.15) is 58.8 Å². The quantitative estimate of drug-likeness (QED) is 0.262. The second-order valence-electron chi connectivity index (χ2n) is 5.73. The van der Waals surface area contributed by atoms with Crippen LogP contribution in [0.2, 0.25) is 0 Å². The molecule has 0 aliphatic heterocycles. The summed E-state index contributed by atoms with van der Waals surface area (Å²) < 4.78 is 5.03. The molecule has 10 heteroatoms. The summed E-state index contributed by atoms with van der Waals surface area (Å²) in [5, 5.41) is 12.7. The van der Waals surface area contributed by atoms with Crippen LogP contribution in [0.3, 0.4) is 0 Å². The highest BCUT2D eigenvalue weighted by Crippen LogP contribution is 2.30. The van der Waals surface area contributed by atoms with E-state index in [0.29, 0.717) is 22.2 Å². The van der Waals surface area contributed by atoms with Gasteiger partial charge in [-0.2, -0.15) is 0 Å². The van der Waals surface area contributed by atoms with Gasteiger partial charge in [0.1, 0.15) is 4.88 Å². The highest BCUT2D eigenvalue weighted by atomic mass is 32.1. The average Bonchev–Trinajstić information content (AvgIpc) is 3.25. The fourth-order valence-corrected chi connectivity index (χ4v) is 4.06. The molecule has 0 saturated carbocycles. The van der Waals surface area contributed by atoms with E-state index in [1.165, 1.54) is 16.3 Å². The molecule has 0 radical (unpaired) electrons. The molecule has 0 saturated heterocycles. The largest absolute Gasteiger partial charge is 0.462 e. The second-order valence-corrected chi connectivity index (χ2v) is 7.59. The van der Waals surface area contributed by atoms with E-state index in [2.05, 4.69) is 11.9 Å². The summed E-state index contributed by atoms with van der Waals surface area (Å²) in [6, 6.07) is 1.27. The maximum Gasteiger partial charge on any atom is 0.350 e. The van der Waals surface area contributed by atoms with Crippen molar-refractivity contribution in [1.29, 1.82) is 0 Å². The van der Waals surface area contributed by atoms with Gasteiger partial charge in [0.2, 0.25) is 0 Å². The molecule has 0 bridgehead atoms. The van der Waals surface area contributed by atoms with Crippen LogP contribution in [-0.4, -0.2) is 34.9 Å². The van der Waals surface area contributed by atoms with Gasteiger partial charge >= 0.3 is 11.0 Å². The molecule has 0 unspecified atom stereocenters. The Bertz CT molecular complexity index is 830. The molecule has 2 aromatic heterocycles. The lowest BCUT2D eigenvalue weighted by Gasteiger charge is -2.19. The van der Waals surface area contributed by atoms with Crippen LogP contribution in [0.25, 0.3) is 0 Å². The zero-order valence-corrected chi connectivity index (χ0v) is 17.0. The lowest BCUT2D eigenvalue weighted by molar-refractivity contribution is -0.380. The maximum absolute atomic E-state index is 13.0. The lowest BCUT2D eigenvalue weighted by Crippen LogP contribution is -2.31. The smallest absolute Gasteiger partial charge is 0.350 e. The first-order valence-corrected chi connectivity index (χ1v) is 10.3. The molecule has 2 aromatic rings. The van der Waals surface area contributed by atoms with Gasteiger partial charge in [-0.15, -0.1) is 0 Å². The van der Waals surface area contributed by atoms with Gasteiger partial charge in [-0.1, -0.05) is 42.4 Å².